The molecule has 0 aromatic heterocycles. The fourth-order valence-electron chi connectivity index (χ4n) is 2.02. The Morgan fingerprint density at radius 1 is 1.35 bits per heavy atom. The Morgan fingerprint density at radius 2 is 2.04 bits per heavy atom. The minimum atomic E-state index is -0.487. The van der Waals surface area contributed by atoms with Crippen LogP contribution in [-0.2, 0) is 11.3 Å². The van der Waals surface area contributed by atoms with Crippen molar-refractivity contribution in [1.82, 2.24) is 10.2 Å². The fraction of sp³-hybridized carbons (Fsp3) is 0.588. The smallest absolute Gasteiger partial charge is 0.410 e. The summed E-state index contributed by atoms with van der Waals surface area (Å²) in [7, 11) is 0. The van der Waals surface area contributed by atoms with Gasteiger partial charge in [0.15, 0.2) is 0 Å². The lowest BCUT2D eigenvalue weighted by Gasteiger charge is -2.27. The van der Waals surface area contributed by atoms with Crippen molar-refractivity contribution < 1.29 is 14.6 Å². The molecule has 0 fully saturated rings. The van der Waals surface area contributed by atoms with Gasteiger partial charge < -0.3 is 20.1 Å². The predicted octanol–water partition coefficient (Wildman–Crippen LogP) is 3.89. The van der Waals surface area contributed by atoms with Crippen molar-refractivity contribution in [2.75, 3.05) is 19.6 Å². The molecule has 5 nitrogen and oxygen atoms in total. The van der Waals surface area contributed by atoms with Crippen molar-refractivity contribution in [1.29, 1.82) is 0 Å². The van der Waals surface area contributed by atoms with Crippen molar-refractivity contribution in [2.45, 2.75) is 46.3 Å². The van der Waals surface area contributed by atoms with Gasteiger partial charge in [-0.3, -0.25) is 0 Å². The highest BCUT2D eigenvalue weighted by Gasteiger charge is 2.21. The Bertz CT molecular complexity index is 515. The highest BCUT2D eigenvalue weighted by molar-refractivity contribution is 9.10. The molecule has 0 aliphatic heterocycles. The van der Waals surface area contributed by atoms with E-state index in [1.54, 1.807) is 17.0 Å². The van der Waals surface area contributed by atoms with E-state index in [0.717, 1.165) is 16.5 Å². The van der Waals surface area contributed by atoms with Crippen LogP contribution in [0.25, 0.3) is 0 Å². The Morgan fingerprint density at radius 3 is 2.65 bits per heavy atom. The summed E-state index contributed by atoms with van der Waals surface area (Å²) >= 11 is 3.39. The minimum absolute atomic E-state index is 0.262. The standard InChI is InChI=1S/C17H27BrN2O3/c1-5-9-20(16(22)23-17(2,3)4)10-8-19-12-13-11-14(18)6-7-15(13)21/h6-7,11,19,21H,5,8-10,12H2,1-4H3. The van der Waals surface area contributed by atoms with Crippen LogP contribution in [0, 0.1) is 0 Å². The molecule has 1 aromatic carbocycles. The monoisotopic (exact) mass is 386 g/mol. The number of rotatable bonds is 7. The van der Waals surface area contributed by atoms with Gasteiger partial charge in [0.1, 0.15) is 11.4 Å². The van der Waals surface area contributed by atoms with Gasteiger partial charge in [0.25, 0.3) is 0 Å². The van der Waals surface area contributed by atoms with Gasteiger partial charge in [-0.05, 0) is 45.4 Å². The SMILES string of the molecule is CCCN(CCNCc1cc(Br)ccc1O)C(=O)OC(C)(C)C. The molecule has 1 rings (SSSR count). The molecule has 0 atom stereocenters. The Labute approximate surface area is 147 Å². The molecule has 0 aliphatic carbocycles. The summed E-state index contributed by atoms with van der Waals surface area (Å²) in [5.41, 5.74) is 0.331. The number of benzene rings is 1. The molecule has 130 valence electrons. The van der Waals surface area contributed by atoms with Gasteiger partial charge in [0.05, 0.1) is 0 Å². The van der Waals surface area contributed by atoms with Gasteiger partial charge >= 0.3 is 6.09 Å². The molecule has 0 radical (unpaired) electrons. The number of aromatic hydroxyl groups is 1. The molecule has 1 aromatic rings. The summed E-state index contributed by atoms with van der Waals surface area (Å²) < 4.78 is 6.34. The number of hydrogen-bond donors (Lipinski definition) is 2. The largest absolute Gasteiger partial charge is 0.508 e. The average Bonchev–Trinajstić information content (AvgIpc) is 2.43. The van der Waals surface area contributed by atoms with E-state index >= 15 is 0 Å². The third-order valence-corrected chi connectivity index (χ3v) is 3.55. The van der Waals surface area contributed by atoms with Gasteiger partial charge in [-0.1, -0.05) is 22.9 Å². The quantitative estimate of drug-likeness (QED) is 0.697. The highest BCUT2D eigenvalue weighted by Crippen LogP contribution is 2.21. The third-order valence-electron chi connectivity index (χ3n) is 3.06. The van der Waals surface area contributed by atoms with Crippen LogP contribution < -0.4 is 5.32 Å². The van der Waals surface area contributed by atoms with Crippen LogP contribution in [0.1, 0.15) is 39.7 Å². The molecule has 0 unspecified atom stereocenters. The summed E-state index contributed by atoms with van der Waals surface area (Å²) in [6.45, 7) is 10.0. The lowest BCUT2D eigenvalue weighted by Crippen LogP contribution is -2.40. The molecule has 0 spiro atoms. The van der Waals surface area contributed by atoms with Crippen molar-refractivity contribution in [3.8, 4) is 5.75 Å². The van der Waals surface area contributed by atoms with E-state index in [1.165, 1.54) is 0 Å². The zero-order chi connectivity index (χ0) is 17.5. The van der Waals surface area contributed by atoms with Crippen LogP contribution in [0.2, 0.25) is 0 Å². The van der Waals surface area contributed by atoms with Crippen molar-refractivity contribution in [3.05, 3.63) is 28.2 Å². The average molecular weight is 387 g/mol. The molecule has 0 aliphatic rings. The topological polar surface area (TPSA) is 61.8 Å². The predicted molar refractivity (Wildman–Crippen MR) is 95.6 cm³/mol. The van der Waals surface area contributed by atoms with E-state index in [2.05, 4.69) is 21.2 Å². The number of phenolic OH excluding ortho intramolecular Hbond substituents is 1. The highest BCUT2D eigenvalue weighted by atomic mass is 79.9. The van der Waals surface area contributed by atoms with E-state index in [-0.39, 0.29) is 11.8 Å². The summed E-state index contributed by atoms with van der Waals surface area (Å²) in [6, 6.07) is 5.33. The first-order valence-corrected chi connectivity index (χ1v) is 8.68. The van der Waals surface area contributed by atoms with E-state index in [4.69, 9.17) is 4.74 Å². The molecular weight excluding hydrogens is 360 g/mol. The molecule has 0 heterocycles. The number of amides is 1. The van der Waals surface area contributed by atoms with E-state index in [0.29, 0.717) is 26.2 Å². The molecule has 0 bridgehead atoms. The van der Waals surface area contributed by atoms with Crippen LogP contribution in [0.15, 0.2) is 22.7 Å². The van der Waals surface area contributed by atoms with Crippen LogP contribution >= 0.6 is 15.9 Å². The normalized spacial score (nSPS) is 11.3. The summed E-state index contributed by atoms with van der Waals surface area (Å²) in [6.07, 6.45) is 0.595. The van der Waals surface area contributed by atoms with Gasteiger partial charge in [-0.25, -0.2) is 4.79 Å². The maximum Gasteiger partial charge on any atom is 0.410 e. The first-order chi connectivity index (χ1) is 10.7. The second-order valence-electron chi connectivity index (χ2n) is 6.42. The zero-order valence-corrected chi connectivity index (χ0v) is 15.9. The summed E-state index contributed by atoms with van der Waals surface area (Å²) in [5.74, 6) is 0.262. The number of phenols is 1. The Kier molecular flexibility index (Phi) is 7.85. The van der Waals surface area contributed by atoms with E-state index < -0.39 is 5.60 Å². The number of carbonyl (C=O) groups excluding carboxylic acids is 1. The van der Waals surface area contributed by atoms with Gasteiger partial charge in [0.2, 0.25) is 0 Å². The second kappa shape index (κ2) is 9.13. The van der Waals surface area contributed by atoms with Gasteiger partial charge in [-0.2, -0.15) is 0 Å². The number of hydrogen-bond acceptors (Lipinski definition) is 4. The van der Waals surface area contributed by atoms with Crippen LogP contribution in [0.5, 0.6) is 5.75 Å². The first kappa shape index (κ1) is 19.8. The zero-order valence-electron chi connectivity index (χ0n) is 14.4. The maximum absolute atomic E-state index is 12.1. The molecular formula is C17H27BrN2O3. The third kappa shape index (κ3) is 7.70. The van der Waals surface area contributed by atoms with Gasteiger partial charge in [0, 0.05) is 36.2 Å². The fourth-order valence-corrected chi connectivity index (χ4v) is 2.43. The molecule has 23 heavy (non-hydrogen) atoms. The number of nitrogens with one attached hydrogen (secondary N) is 1. The summed E-state index contributed by atoms with van der Waals surface area (Å²) in [5, 5.41) is 13.0. The first-order valence-electron chi connectivity index (χ1n) is 7.89. The number of ether oxygens (including phenoxy) is 1. The minimum Gasteiger partial charge on any atom is -0.508 e. The van der Waals surface area contributed by atoms with Crippen LogP contribution in [0.3, 0.4) is 0 Å². The second-order valence-corrected chi connectivity index (χ2v) is 7.33. The van der Waals surface area contributed by atoms with Crippen molar-refractivity contribution in [2.24, 2.45) is 0 Å². The van der Waals surface area contributed by atoms with Gasteiger partial charge in [-0.15, -0.1) is 0 Å². The number of halogens is 1. The number of carbonyl (C=O) groups is 1. The van der Waals surface area contributed by atoms with E-state index in [9.17, 15) is 9.90 Å². The Balaban J connectivity index is 2.46. The maximum atomic E-state index is 12.1. The molecule has 0 saturated carbocycles. The number of nitrogens with zero attached hydrogens (tertiary/aromatic N) is 1. The lowest BCUT2D eigenvalue weighted by atomic mass is 10.2. The van der Waals surface area contributed by atoms with E-state index in [1.807, 2.05) is 33.8 Å². The summed E-state index contributed by atoms with van der Waals surface area (Å²) in [4.78, 5) is 13.8. The molecule has 6 heteroatoms. The lowest BCUT2D eigenvalue weighted by molar-refractivity contribution is 0.0252. The molecule has 1 amide bonds. The Hall–Kier alpha value is -1.27. The van der Waals surface area contributed by atoms with Crippen molar-refractivity contribution in [3.63, 3.8) is 0 Å². The molecule has 0 saturated heterocycles. The van der Waals surface area contributed by atoms with Crippen molar-refractivity contribution >= 4 is 22.0 Å². The molecule has 2 N–H and O–H groups in total. The van der Waals surface area contributed by atoms with Crippen LogP contribution in [-0.4, -0.2) is 41.3 Å². The van der Waals surface area contributed by atoms with Crippen LogP contribution in [0.4, 0.5) is 4.79 Å².